The molecule has 108 valence electrons. The number of amides is 2. The Morgan fingerprint density at radius 1 is 1.20 bits per heavy atom. The maximum Gasteiger partial charge on any atom is 0.259 e. The summed E-state index contributed by atoms with van der Waals surface area (Å²) in [6.45, 7) is 0.648. The van der Waals surface area contributed by atoms with Crippen LogP contribution in [0.1, 0.15) is 23.2 Å². The maximum absolute atomic E-state index is 13.6. The summed E-state index contributed by atoms with van der Waals surface area (Å²) in [5.41, 5.74) is -0.522. The van der Waals surface area contributed by atoms with Crippen molar-refractivity contribution in [3.05, 3.63) is 35.4 Å². The van der Waals surface area contributed by atoms with E-state index in [1.165, 1.54) is 11.0 Å². The molecule has 1 heterocycles. The minimum Gasteiger partial charge on any atom is -0.359 e. The summed E-state index contributed by atoms with van der Waals surface area (Å²) in [4.78, 5) is 25.0. The number of hydrogen-bond donors (Lipinski definition) is 1. The average molecular weight is 282 g/mol. The van der Waals surface area contributed by atoms with Crippen molar-refractivity contribution < 1.29 is 18.4 Å². The van der Waals surface area contributed by atoms with E-state index in [1.807, 2.05) is 0 Å². The van der Waals surface area contributed by atoms with Gasteiger partial charge in [0.1, 0.15) is 17.2 Å². The lowest BCUT2D eigenvalue weighted by Crippen LogP contribution is -2.42. The lowest BCUT2D eigenvalue weighted by molar-refractivity contribution is -0.125. The van der Waals surface area contributed by atoms with Crippen LogP contribution in [0.5, 0.6) is 0 Å². The molecule has 1 fully saturated rings. The number of likely N-dealkylation sites (tertiary alicyclic amines) is 1. The number of rotatable bonds is 2. The topological polar surface area (TPSA) is 49.4 Å². The third-order valence-corrected chi connectivity index (χ3v) is 3.58. The summed E-state index contributed by atoms with van der Waals surface area (Å²) in [6, 6.07) is 3.35. The number of halogens is 2. The van der Waals surface area contributed by atoms with Gasteiger partial charge in [0.25, 0.3) is 5.91 Å². The van der Waals surface area contributed by atoms with Crippen LogP contribution in [0, 0.1) is 17.6 Å². The van der Waals surface area contributed by atoms with Crippen LogP contribution in [0.4, 0.5) is 8.78 Å². The first-order chi connectivity index (χ1) is 9.54. The van der Waals surface area contributed by atoms with Gasteiger partial charge in [0.2, 0.25) is 5.91 Å². The summed E-state index contributed by atoms with van der Waals surface area (Å²) in [6.07, 6.45) is 1.00. The van der Waals surface area contributed by atoms with Crippen LogP contribution in [-0.2, 0) is 4.79 Å². The molecule has 0 radical (unpaired) electrons. The van der Waals surface area contributed by atoms with Crippen molar-refractivity contribution in [1.82, 2.24) is 10.2 Å². The fourth-order valence-corrected chi connectivity index (χ4v) is 2.41. The molecule has 1 saturated heterocycles. The molecule has 0 saturated carbocycles. The van der Waals surface area contributed by atoms with Crippen LogP contribution in [0.15, 0.2) is 18.2 Å². The van der Waals surface area contributed by atoms with Gasteiger partial charge in [-0.1, -0.05) is 6.07 Å². The van der Waals surface area contributed by atoms with E-state index in [9.17, 15) is 18.4 Å². The first-order valence-electron chi connectivity index (χ1n) is 6.49. The zero-order valence-electron chi connectivity index (χ0n) is 11.2. The van der Waals surface area contributed by atoms with E-state index >= 15 is 0 Å². The second-order valence-electron chi connectivity index (χ2n) is 4.78. The molecule has 4 nitrogen and oxygen atoms in total. The largest absolute Gasteiger partial charge is 0.359 e. The number of benzene rings is 1. The van der Waals surface area contributed by atoms with Crippen molar-refractivity contribution in [3.63, 3.8) is 0 Å². The van der Waals surface area contributed by atoms with Gasteiger partial charge in [-0.15, -0.1) is 0 Å². The minimum atomic E-state index is -0.858. The molecule has 1 aliphatic rings. The summed E-state index contributed by atoms with van der Waals surface area (Å²) < 4.78 is 27.1. The van der Waals surface area contributed by atoms with Gasteiger partial charge < -0.3 is 10.2 Å². The second-order valence-corrected chi connectivity index (χ2v) is 4.78. The van der Waals surface area contributed by atoms with E-state index in [2.05, 4.69) is 5.32 Å². The summed E-state index contributed by atoms with van der Waals surface area (Å²) in [5, 5.41) is 2.57. The number of nitrogens with one attached hydrogen (secondary N) is 1. The van der Waals surface area contributed by atoms with Gasteiger partial charge in [0.05, 0.1) is 0 Å². The quantitative estimate of drug-likeness (QED) is 0.895. The number of carbonyl (C=O) groups excluding carboxylic acids is 2. The molecule has 0 atom stereocenters. The van der Waals surface area contributed by atoms with Gasteiger partial charge in [-0.25, -0.2) is 8.78 Å². The Morgan fingerprint density at radius 3 is 2.25 bits per heavy atom. The SMILES string of the molecule is CNC(=O)C1CCN(C(=O)c2c(F)cccc2F)CC1. The Morgan fingerprint density at radius 2 is 1.75 bits per heavy atom. The van der Waals surface area contributed by atoms with Gasteiger partial charge in [-0.3, -0.25) is 9.59 Å². The standard InChI is InChI=1S/C14H16F2N2O2/c1-17-13(19)9-5-7-18(8-6-9)14(20)12-10(15)3-2-4-11(12)16/h2-4,9H,5-8H2,1H3,(H,17,19). The van der Waals surface area contributed by atoms with Crippen molar-refractivity contribution in [3.8, 4) is 0 Å². The molecular formula is C14H16F2N2O2. The Balaban J connectivity index is 2.07. The van der Waals surface area contributed by atoms with Gasteiger partial charge in [-0.2, -0.15) is 0 Å². The van der Waals surface area contributed by atoms with Crippen LogP contribution in [0.2, 0.25) is 0 Å². The van der Waals surface area contributed by atoms with E-state index in [1.54, 1.807) is 7.05 Å². The fourth-order valence-electron chi connectivity index (χ4n) is 2.41. The maximum atomic E-state index is 13.6. The predicted octanol–water partition coefficient (Wildman–Crippen LogP) is 1.56. The van der Waals surface area contributed by atoms with Crippen molar-refractivity contribution in [2.75, 3.05) is 20.1 Å². The molecule has 0 unspecified atom stereocenters. The third kappa shape index (κ3) is 2.79. The van der Waals surface area contributed by atoms with Crippen molar-refractivity contribution in [1.29, 1.82) is 0 Å². The van der Waals surface area contributed by atoms with Crippen molar-refractivity contribution in [2.24, 2.45) is 5.92 Å². The molecule has 0 bridgehead atoms. The summed E-state index contributed by atoms with van der Waals surface area (Å²) >= 11 is 0. The normalized spacial score (nSPS) is 16.1. The van der Waals surface area contributed by atoms with Crippen LogP contribution in [0.3, 0.4) is 0 Å². The average Bonchev–Trinajstić information content (AvgIpc) is 2.46. The molecule has 0 aliphatic carbocycles. The van der Waals surface area contributed by atoms with Crippen LogP contribution in [0.25, 0.3) is 0 Å². The Hall–Kier alpha value is -1.98. The van der Waals surface area contributed by atoms with Crippen LogP contribution < -0.4 is 5.32 Å². The van der Waals surface area contributed by atoms with Gasteiger partial charge >= 0.3 is 0 Å². The van der Waals surface area contributed by atoms with Crippen LogP contribution >= 0.6 is 0 Å². The molecule has 1 aromatic rings. The molecule has 0 spiro atoms. The Labute approximate surface area is 115 Å². The number of nitrogens with zero attached hydrogens (tertiary/aromatic N) is 1. The van der Waals surface area contributed by atoms with Gasteiger partial charge in [0.15, 0.2) is 0 Å². The van der Waals surface area contributed by atoms with E-state index in [0.29, 0.717) is 25.9 Å². The van der Waals surface area contributed by atoms with Crippen LogP contribution in [-0.4, -0.2) is 36.9 Å². The fraction of sp³-hybridized carbons (Fsp3) is 0.429. The molecule has 2 rings (SSSR count). The molecule has 6 heteroatoms. The molecule has 1 aliphatic heterocycles. The highest BCUT2D eigenvalue weighted by molar-refractivity contribution is 5.95. The molecular weight excluding hydrogens is 266 g/mol. The first kappa shape index (κ1) is 14.4. The van der Waals surface area contributed by atoms with Gasteiger partial charge in [0, 0.05) is 26.1 Å². The molecule has 0 aromatic heterocycles. The molecule has 1 N–H and O–H groups in total. The lowest BCUT2D eigenvalue weighted by atomic mass is 9.95. The highest BCUT2D eigenvalue weighted by Gasteiger charge is 2.29. The monoisotopic (exact) mass is 282 g/mol. The highest BCUT2D eigenvalue weighted by atomic mass is 19.1. The lowest BCUT2D eigenvalue weighted by Gasteiger charge is -2.31. The zero-order chi connectivity index (χ0) is 14.7. The van der Waals surface area contributed by atoms with Gasteiger partial charge in [-0.05, 0) is 25.0 Å². The van der Waals surface area contributed by atoms with Crippen molar-refractivity contribution in [2.45, 2.75) is 12.8 Å². The Kier molecular flexibility index (Phi) is 4.32. The minimum absolute atomic E-state index is 0.0610. The van der Waals surface area contributed by atoms with E-state index in [0.717, 1.165) is 12.1 Å². The van der Waals surface area contributed by atoms with E-state index in [-0.39, 0.29) is 11.8 Å². The molecule has 20 heavy (non-hydrogen) atoms. The number of carbonyl (C=O) groups is 2. The number of piperidine rings is 1. The number of hydrogen-bond acceptors (Lipinski definition) is 2. The summed E-state index contributed by atoms with van der Waals surface area (Å²) in [7, 11) is 1.56. The summed E-state index contributed by atoms with van der Waals surface area (Å²) in [5.74, 6) is -2.58. The first-order valence-corrected chi connectivity index (χ1v) is 6.49. The smallest absolute Gasteiger partial charge is 0.259 e. The van der Waals surface area contributed by atoms with Crippen molar-refractivity contribution >= 4 is 11.8 Å². The molecule has 2 amide bonds. The third-order valence-electron chi connectivity index (χ3n) is 3.58. The van der Waals surface area contributed by atoms with E-state index < -0.39 is 23.1 Å². The predicted molar refractivity (Wildman–Crippen MR) is 69.1 cm³/mol. The second kappa shape index (κ2) is 5.98. The molecule has 1 aromatic carbocycles. The zero-order valence-corrected chi connectivity index (χ0v) is 11.2. The Bertz CT molecular complexity index is 506. The highest BCUT2D eigenvalue weighted by Crippen LogP contribution is 2.21. The van der Waals surface area contributed by atoms with E-state index in [4.69, 9.17) is 0 Å².